The smallest absolute Gasteiger partial charge is 0.166 e. The summed E-state index contributed by atoms with van der Waals surface area (Å²) in [6.07, 6.45) is 0. The van der Waals surface area contributed by atoms with Gasteiger partial charge in [-0.05, 0) is 64.7 Å². The third-order valence-corrected chi connectivity index (χ3v) is 15.3. The molecule has 4 aromatic heterocycles. The molecule has 8 heteroatoms. The Morgan fingerprint density at radius 2 is 0.859 bits per heavy atom. The van der Waals surface area contributed by atoms with Crippen molar-refractivity contribution in [3.8, 4) is 85.1 Å². The molecule has 0 saturated carbocycles. The minimum Gasteiger partial charge on any atom is -0.308 e. The van der Waals surface area contributed by atoms with Crippen molar-refractivity contribution in [3.05, 3.63) is 223 Å². The molecular formula is C63H41N7S. The highest BCUT2D eigenvalue weighted by atomic mass is 32.1. The van der Waals surface area contributed by atoms with Gasteiger partial charge in [-0.25, -0.2) is 29.9 Å². The molecule has 13 aromatic rings. The van der Waals surface area contributed by atoms with Crippen molar-refractivity contribution in [1.82, 2.24) is 34.5 Å². The van der Waals surface area contributed by atoms with Gasteiger partial charge in [-0.15, -0.1) is 11.3 Å². The van der Waals surface area contributed by atoms with Crippen LogP contribution in [0.5, 0.6) is 0 Å². The number of fused-ring (bicyclic) bond motifs is 9. The molecule has 0 aliphatic heterocycles. The Kier molecular flexibility index (Phi) is 9.28. The molecule has 0 bridgehead atoms. The molecular weight excluding hydrogens is 887 g/mol. The van der Waals surface area contributed by atoms with E-state index in [2.05, 4.69) is 152 Å². The van der Waals surface area contributed by atoms with Crippen molar-refractivity contribution in [2.45, 2.75) is 19.3 Å². The summed E-state index contributed by atoms with van der Waals surface area (Å²) in [4.78, 5) is 31.9. The predicted molar refractivity (Wildman–Crippen MR) is 291 cm³/mol. The van der Waals surface area contributed by atoms with Crippen LogP contribution >= 0.6 is 11.3 Å². The van der Waals surface area contributed by atoms with Crippen molar-refractivity contribution in [1.29, 1.82) is 0 Å². The van der Waals surface area contributed by atoms with Crippen LogP contribution in [0.15, 0.2) is 212 Å². The molecule has 7 nitrogen and oxygen atoms in total. The molecule has 0 N–H and O–H groups in total. The van der Waals surface area contributed by atoms with Crippen LogP contribution < -0.4 is 0 Å². The van der Waals surface area contributed by atoms with Gasteiger partial charge in [0.2, 0.25) is 0 Å². The van der Waals surface area contributed by atoms with Crippen LogP contribution in [0, 0.1) is 0 Å². The summed E-state index contributed by atoms with van der Waals surface area (Å²) in [5.41, 5.74) is 13.1. The van der Waals surface area contributed by atoms with Crippen LogP contribution in [-0.4, -0.2) is 34.5 Å². The van der Waals surface area contributed by atoms with E-state index in [0.717, 1.165) is 61.1 Å². The molecule has 0 fully saturated rings. The molecule has 1 aliphatic carbocycles. The number of hydrogen-bond acceptors (Lipinski definition) is 7. The quantitative estimate of drug-likeness (QED) is 0.158. The summed E-state index contributed by atoms with van der Waals surface area (Å²) in [6, 6.07) is 74.3. The fraction of sp³-hybridized carbons (Fsp3) is 0.0476. The van der Waals surface area contributed by atoms with E-state index >= 15 is 0 Å². The summed E-state index contributed by atoms with van der Waals surface area (Å²) in [6.45, 7) is 4.60. The minimum absolute atomic E-state index is 0.193. The predicted octanol–water partition coefficient (Wildman–Crippen LogP) is 15.8. The monoisotopic (exact) mass is 927 g/mol. The van der Waals surface area contributed by atoms with Crippen LogP contribution in [0.1, 0.15) is 25.0 Å². The van der Waals surface area contributed by atoms with Gasteiger partial charge in [0.05, 0.1) is 16.7 Å². The van der Waals surface area contributed by atoms with Gasteiger partial charge in [-0.2, -0.15) is 0 Å². The lowest BCUT2D eigenvalue weighted by Crippen LogP contribution is -2.14. The average Bonchev–Trinajstić information content (AvgIpc) is 4.05. The van der Waals surface area contributed by atoms with Crippen molar-refractivity contribution in [3.63, 3.8) is 0 Å². The first kappa shape index (κ1) is 41.0. The standard InChI is InChI=1S/C63H41N7S/c1-63(2)49-29-15-12-27-44(49)56-45(28-18-30-50(56)63)61-66-59(40-23-10-5-11-24-40)65-60(69-61)41-33-34-52(48(35-41)62-67-57(38-19-6-3-7-20-38)64-58(68-62)39-21-8-4-9-22-39)70-51-31-16-13-25-42(51)46-37-55-47(36-53(46)70)43-26-14-17-32-54(43)71-55/h3-37H,1-2H3. The average molecular weight is 928 g/mol. The van der Waals surface area contributed by atoms with E-state index in [1.54, 1.807) is 0 Å². The van der Waals surface area contributed by atoms with E-state index < -0.39 is 0 Å². The van der Waals surface area contributed by atoms with Crippen LogP contribution in [-0.2, 0) is 5.41 Å². The maximum absolute atomic E-state index is 5.43. The zero-order chi connectivity index (χ0) is 47.2. The van der Waals surface area contributed by atoms with Gasteiger partial charge in [0.1, 0.15) is 0 Å². The summed E-state index contributed by atoms with van der Waals surface area (Å²) in [7, 11) is 0. The number of aromatic nitrogens is 7. The van der Waals surface area contributed by atoms with E-state index in [0.29, 0.717) is 34.9 Å². The summed E-state index contributed by atoms with van der Waals surface area (Å²) in [5, 5.41) is 4.81. The zero-order valence-electron chi connectivity index (χ0n) is 38.7. The van der Waals surface area contributed by atoms with Gasteiger partial charge >= 0.3 is 0 Å². The Morgan fingerprint density at radius 1 is 0.338 bits per heavy atom. The lowest BCUT2D eigenvalue weighted by atomic mass is 9.82. The first-order valence-corrected chi connectivity index (χ1v) is 24.7. The van der Waals surface area contributed by atoms with E-state index in [9.17, 15) is 0 Å². The molecule has 0 amide bonds. The van der Waals surface area contributed by atoms with Crippen molar-refractivity contribution < 1.29 is 0 Å². The van der Waals surface area contributed by atoms with Crippen LogP contribution in [0.4, 0.5) is 0 Å². The Morgan fingerprint density at radius 3 is 1.54 bits per heavy atom. The van der Waals surface area contributed by atoms with Crippen molar-refractivity contribution >= 4 is 53.3 Å². The Bertz CT molecular complexity index is 4200. The number of hydrogen-bond donors (Lipinski definition) is 0. The van der Waals surface area contributed by atoms with E-state index in [1.807, 2.05) is 90.2 Å². The van der Waals surface area contributed by atoms with Crippen LogP contribution in [0.2, 0.25) is 0 Å². The number of rotatable bonds is 7. The van der Waals surface area contributed by atoms with Gasteiger partial charge in [0.25, 0.3) is 0 Å². The highest BCUT2D eigenvalue weighted by Gasteiger charge is 2.37. The summed E-state index contributed by atoms with van der Waals surface area (Å²) in [5.74, 6) is 3.42. The molecule has 4 heterocycles. The second kappa shape index (κ2) is 16.1. The highest BCUT2D eigenvalue weighted by molar-refractivity contribution is 7.25. The lowest BCUT2D eigenvalue weighted by Gasteiger charge is -2.21. The minimum atomic E-state index is -0.193. The Balaban J connectivity index is 1.06. The highest BCUT2D eigenvalue weighted by Crippen LogP contribution is 2.52. The van der Waals surface area contributed by atoms with Gasteiger partial charge < -0.3 is 4.57 Å². The Labute approximate surface area is 413 Å². The molecule has 334 valence electrons. The molecule has 9 aromatic carbocycles. The number of para-hydroxylation sites is 1. The maximum Gasteiger partial charge on any atom is 0.166 e. The van der Waals surface area contributed by atoms with Gasteiger partial charge in [0.15, 0.2) is 34.9 Å². The van der Waals surface area contributed by atoms with E-state index in [-0.39, 0.29) is 5.41 Å². The fourth-order valence-electron chi connectivity index (χ4n) is 10.7. The van der Waals surface area contributed by atoms with Crippen molar-refractivity contribution in [2.24, 2.45) is 0 Å². The molecule has 0 radical (unpaired) electrons. The van der Waals surface area contributed by atoms with Crippen LogP contribution in [0.3, 0.4) is 0 Å². The molecule has 0 unspecified atom stereocenters. The first-order chi connectivity index (χ1) is 34.9. The Hall–Kier alpha value is -8.98. The zero-order valence-corrected chi connectivity index (χ0v) is 39.6. The second-order valence-corrected chi connectivity index (χ2v) is 19.7. The molecule has 14 rings (SSSR count). The van der Waals surface area contributed by atoms with E-state index in [1.165, 1.54) is 42.2 Å². The second-order valence-electron chi connectivity index (χ2n) is 18.7. The SMILES string of the molecule is CC1(C)c2ccccc2-c2c(-c3nc(-c4ccccc4)nc(-c4ccc(-n5c6ccccc6c6cc7sc8ccccc8c7cc65)c(-c5nc(-c6ccccc6)nc(-c6ccccc6)n5)c4)n3)cccc21. The molecule has 0 atom stereocenters. The number of nitrogens with zero attached hydrogens (tertiary/aromatic N) is 7. The van der Waals surface area contributed by atoms with Gasteiger partial charge in [-0.1, -0.05) is 184 Å². The van der Waals surface area contributed by atoms with Crippen LogP contribution in [0.25, 0.3) is 127 Å². The lowest BCUT2D eigenvalue weighted by molar-refractivity contribution is 0.660. The molecule has 71 heavy (non-hydrogen) atoms. The number of thiophene rings is 1. The van der Waals surface area contributed by atoms with Gasteiger partial charge in [0, 0.05) is 69.7 Å². The topological polar surface area (TPSA) is 82.3 Å². The summed E-state index contributed by atoms with van der Waals surface area (Å²) >= 11 is 1.84. The maximum atomic E-state index is 5.43. The molecule has 0 saturated heterocycles. The molecule has 0 spiro atoms. The largest absolute Gasteiger partial charge is 0.308 e. The third kappa shape index (κ3) is 6.63. The first-order valence-electron chi connectivity index (χ1n) is 23.9. The fourth-order valence-corrected chi connectivity index (χ4v) is 11.8. The van der Waals surface area contributed by atoms with Crippen molar-refractivity contribution in [2.75, 3.05) is 0 Å². The third-order valence-electron chi connectivity index (χ3n) is 14.1. The van der Waals surface area contributed by atoms with E-state index in [4.69, 9.17) is 29.9 Å². The number of benzene rings is 9. The van der Waals surface area contributed by atoms with Gasteiger partial charge in [-0.3, -0.25) is 0 Å². The summed E-state index contributed by atoms with van der Waals surface area (Å²) < 4.78 is 4.90. The molecule has 1 aliphatic rings. The normalized spacial score (nSPS) is 12.8.